The number of pyridine rings is 1. The van der Waals surface area contributed by atoms with Crippen LogP contribution in [0.4, 0.5) is 0 Å². The molecule has 1 aromatic heterocycles. The summed E-state index contributed by atoms with van der Waals surface area (Å²) in [5.74, 6) is 1.26. The van der Waals surface area contributed by atoms with Crippen LogP contribution in [0.3, 0.4) is 0 Å². The standard InChI is InChI=1S/C14H15NO2/c1-10-6-7-13(8-11(10)2)17-14-5-3-4-12(9-16)15-14/h3-8,16H,9H2,1-2H3. The van der Waals surface area contributed by atoms with Crippen LogP contribution in [0.15, 0.2) is 36.4 Å². The highest BCUT2D eigenvalue weighted by Crippen LogP contribution is 2.22. The summed E-state index contributed by atoms with van der Waals surface area (Å²) in [4.78, 5) is 4.17. The van der Waals surface area contributed by atoms with Crippen molar-refractivity contribution in [1.29, 1.82) is 0 Å². The lowest BCUT2D eigenvalue weighted by Gasteiger charge is -2.07. The molecule has 1 N–H and O–H groups in total. The largest absolute Gasteiger partial charge is 0.439 e. The molecule has 3 nitrogen and oxygen atoms in total. The molecule has 0 bridgehead atoms. The van der Waals surface area contributed by atoms with Gasteiger partial charge in [0.2, 0.25) is 5.88 Å². The van der Waals surface area contributed by atoms with Gasteiger partial charge in [0.05, 0.1) is 12.3 Å². The number of aliphatic hydroxyl groups excluding tert-OH is 1. The van der Waals surface area contributed by atoms with Gasteiger partial charge in [0.1, 0.15) is 5.75 Å². The highest BCUT2D eigenvalue weighted by molar-refractivity contribution is 5.35. The third-order valence-corrected chi connectivity index (χ3v) is 2.64. The SMILES string of the molecule is Cc1ccc(Oc2cccc(CO)n2)cc1C. The average Bonchev–Trinajstić information content (AvgIpc) is 2.34. The number of nitrogens with zero attached hydrogens (tertiary/aromatic N) is 1. The van der Waals surface area contributed by atoms with Gasteiger partial charge < -0.3 is 9.84 Å². The minimum atomic E-state index is -0.0792. The Morgan fingerprint density at radius 2 is 1.94 bits per heavy atom. The molecule has 0 unspecified atom stereocenters. The van der Waals surface area contributed by atoms with E-state index in [0.29, 0.717) is 11.6 Å². The van der Waals surface area contributed by atoms with Gasteiger partial charge in [-0.05, 0) is 43.2 Å². The number of hydrogen-bond donors (Lipinski definition) is 1. The maximum Gasteiger partial charge on any atom is 0.219 e. The van der Waals surface area contributed by atoms with Gasteiger partial charge in [-0.25, -0.2) is 4.98 Å². The summed E-state index contributed by atoms with van der Waals surface area (Å²) in [6.07, 6.45) is 0. The first-order valence-corrected chi connectivity index (χ1v) is 5.51. The molecule has 1 aromatic carbocycles. The van der Waals surface area contributed by atoms with Crippen LogP contribution in [-0.2, 0) is 6.61 Å². The number of aromatic nitrogens is 1. The number of hydrogen-bond acceptors (Lipinski definition) is 3. The summed E-state index contributed by atoms with van der Waals surface area (Å²) < 4.78 is 5.63. The van der Waals surface area contributed by atoms with E-state index < -0.39 is 0 Å². The van der Waals surface area contributed by atoms with E-state index in [-0.39, 0.29) is 6.61 Å². The van der Waals surface area contributed by atoms with Crippen molar-refractivity contribution < 1.29 is 9.84 Å². The van der Waals surface area contributed by atoms with Crippen molar-refractivity contribution >= 4 is 0 Å². The molecule has 0 atom stereocenters. The van der Waals surface area contributed by atoms with E-state index in [1.165, 1.54) is 11.1 Å². The second-order valence-electron chi connectivity index (χ2n) is 3.97. The molecule has 0 saturated heterocycles. The molecule has 0 amide bonds. The first-order chi connectivity index (χ1) is 8.19. The molecule has 17 heavy (non-hydrogen) atoms. The van der Waals surface area contributed by atoms with E-state index in [0.717, 1.165) is 5.75 Å². The summed E-state index contributed by atoms with van der Waals surface area (Å²) in [6.45, 7) is 4.02. The minimum Gasteiger partial charge on any atom is -0.439 e. The van der Waals surface area contributed by atoms with Crippen molar-refractivity contribution in [3.8, 4) is 11.6 Å². The van der Waals surface area contributed by atoms with Gasteiger partial charge in [0.15, 0.2) is 0 Å². The number of ether oxygens (including phenoxy) is 1. The van der Waals surface area contributed by atoms with Crippen molar-refractivity contribution in [2.75, 3.05) is 0 Å². The molecule has 0 aliphatic heterocycles. The van der Waals surface area contributed by atoms with Crippen molar-refractivity contribution in [1.82, 2.24) is 4.98 Å². The maximum atomic E-state index is 8.99. The fraction of sp³-hybridized carbons (Fsp3) is 0.214. The molecule has 0 aliphatic rings. The molecule has 2 rings (SSSR count). The van der Waals surface area contributed by atoms with Crippen LogP contribution < -0.4 is 4.74 Å². The smallest absolute Gasteiger partial charge is 0.219 e. The van der Waals surface area contributed by atoms with E-state index in [9.17, 15) is 0 Å². The van der Waals surface area contributed by atoms with Gasteiger partial charge in [-0.2, -0.15) is 0 Å². The third-order valence-electron chi connectivity index (χ3n) is 2.64. The lowest BCUT2D eigenvalue weighted by atomic mass is 10.1. The Bertz CT molecular complexity index is 523. The predicted molar refractivity (Wildman–Crippen MR) is 66.1 cm³/mol. The van der Waals surface area contributed by atoms with Crippen molar-refractivity contribution in [2.45, 2.75) is 20.5 Å². The van der Waals surface area contributed by atoms with E-state index in [1.54, 1.807) is 12.1 Å². The highest BCUT2D eigenvalue weighted by atomic mass is 16.5. The molecule has 1 heterocycles. The number of rotatable bonds is 3. The quantitative estimate of drug-likeness (QED) is 0.879. The summed E-state index contributed by atoms with van der Waals surface area (Å²) >= 11 is 0. The monoisotopic (exact) mass is 229 g/mol. The molecule has 2 aromatic rings. The van der Waals surface area contributed by atoms with E-state index >= 15 is 0 Å². The van der Waals surface area contributed by atoms with Crippen LogP contribution in [0, 0.1) is 13.8 Å². The Labute approximate surface area is 101 Å². The Kier molecular flexibility index (Phi) is 3.40. The molecule has 0 radical (unpaired) electrons. The third kappa shape index (κ3) is 2.82. The van der Waals surface area contributed by atoms with Gasteiger partial charge in [-0.3, -0.25) is 0 Å². The molecular formula is C14H15NO2. The summed E-state index contributed by atoms with van der Waals surface area (Å²) in [5.41, 5.74) is 3.02. The van der Waals surface area contributed by atoms with Crippen molar-refractivity contribution in [3.63, 3.8) is 0 Å². The zero-order chi connectivity index (χ0) is 12.3. The molecule has 3 heteroatoms. The van der Waals surface area contributed by atoms with Crippen LogP contribution >= 0.6 is 0 Å². The Hall–Kier alpha value is -1.87. The maximum absolute atomic E-state index is 8.99. The predicted octanol–water partition coefficient (Wildman–Crippen LogP) is 2.98. The highest BCUT2D eigenvalue weighted by Gasteiger charge is 2.01. The van der Waals surface area contributed by atoms with E-state index in [2.05, 4.69) is 11.9 Å². The topological polar surface area (TPSA) is 42.4 Å². The van der Waals surface area contributed by atoms with Gasteiger partial charge in [0, 0.05) is 6.07 Å². The molecule has 0 aliphatic carbocycles. The lowest BCUT2D eigenvalue weighted by Crippen LogP contribution is -1.93. The van der Waals surface area contributed by atoms with E-state index in [4.69, 9.17) is 9.84 Å². The van der Waals surface area contributed by atoms with Crippen LogP contribution in [0.25, 0.3) is 0 Å². The molecular weight excluding hydrogens is 214 g/mol. The van der Waals surface area contributed by atoms with Crippen LogP contribution in [0.1, 0.15) is 16.8 Å². The summed E-state index contributed by atoms with van der Waals surface area (Å²) in [5, 5.41) is 8.99. The van der Waals surface area contributed by atoms with Gasteiger partial charge in [0.25, 0.3) is 0 Å². The fourth-order valence-electron chi connectivity index (χ4n) is 1.50. The van der Waals surface area contributed by atoms with Crippen molar-refractivity contribution in [2.24, 2.45) is 0 Å². The van der Waals surface area contributed by atoms with E-state index in [1.807, 2.05) is 31.2 Å². The van der Waals surface area contributed by atoms with Crippen LogP contribution in [0.5, 0.6) is 11.6 Å². The zero-order valence-electron chi connectivity index (χ0n) is 9.97. The molecule has 0 fully saturated rings. The second kappa shape index (κ2) is 4.97. The summed E-state index contributed by atoms with van der Waals surface area (Å²) in [7, 11) is 0. The lowest BCUT2D eigenvalue weighted by molar-refractivity contribution is 0.275. The fourth-order valence-corrected chi connectivity index (χ4v) is 1.50. The van der Waals surface area contributed by atoms with Crippen molar-refractivity contribution in [3.05, 3.63) is 53.2 Å². The molecule has 0 saturated carbocycles. The first kappa shape index (κ1) is 11.6. The Morgan fingerprint density at radius 1 is 1.12 bits per heavy atom. The first-order valence-electron chi connectivity index (χ1n) is 5.51. The van der Waals surface area contributed by atoms with Crippen LogP contribution in [-0.4, -0.2) is 10.1 Å². The number of benzene rings is 1. The molecule has 88 valence electrons. The summed E-state index contributed by atoms with van der Waals surface area (Å²) in [6, 6.07) is 11.2. The number of aliphatic hydroxyl groups is 1. The minimum absolute atomic E-state index is 0.0792. The van der Waals surface area contributed by atoms with Crippen LogP contribution in [0.2, 0.25) is 0 Å². The second-order valence-corrected chi connectivity index (χ2v) is 3.97. The molecule has 0 spiro atoms. The van der Waals surface area contributed by atoms with Gasteiger partial charge in [-0.1, -0.05) is 12.1 Å². The van der Waals surface area contributed by atoms with Gasteiger partial charge in [-0.15, -0.1) is 0 Å². The Balaban J connectivity index is 2.22. The van der Waals surface area contributed by atoms with Gasteiger partial charge >= 0.3 is 0 Å². The normalized spacial score (nSPS) is 10.3. The zero-order valence-corrected chi connectivity index (χ0v) is 9.97. The average molecular weight is 229 g/mol. The number of aryl methyl sites for hydroxylation is 2. The Morgan fingerprint density at radius 3 is 2.65 bits per heavy atom.